The number of halogens is 8. The van der Waals surface area contributed by atoms with Crippen LogP contribution in [0, 0.1) is 53.5 Å². The Labute approximate surface area is 124 Å². The van der Waals surface area contributed by atoms with E-state index in [2.05, 4.69) is 0 Å². The molecule has 2 rings (SSSR count). The van der Waals surface area contributed by atoms with Crippen molar-refractivity contribution < 1.29 is 35.1 Å². The zero-order valence-electron chi connectivity index (χ0n) is 11.5. The second-order valence-electron chi connectivity index (χ2n) is 4.51. The Balaban J connectivity index is 3.06. The molecule has 0 bridgehead atoms. The molecule has 0 saturated carbocycles. The van der Waals surface area contributed by atoms with E-state index in [1.165, 1.54) is 0 Å². The van der Waals surface area contributed by atoms with Gasteiger partial charge in [-0.25, -0.2) is 35.1 Å². The summed E-state index contributed by atoms with van der Waals surface area (Å²) in [6.07, 6.45) is 0. The third kappa shape index (κ3) is 2.30. The van der Waals surface area contributed by atoms with Crippen molar-refractivity contribution in [3.05, 3.63) is 52.1 Å². The van der Waals surface area contributed by atoms with Crippen LogP contribution in [0.3, 0.4) is 0 Å². The number of hydrogen-bond acceptors (Lipinski definition) is 1. The minimum atomic E-state index is -2.42. The van der Waals surface area contributed by atoms with Crippen LogP contribution in [-0.2, 0) is 0 Å². The smallest absolute Gasteiger partial charge is 0.200 e. The van der Waals surface area contributed by atoms with Crippen molar-refractivity contribution in [2.75, 3.05) is 12.4 Å². The lowest BCUT2D eigenvalue weighted by Gasteiger charge is -2.17. The van der Waals surface area contributed by atoms with Crippen LogP contribution < -0.4 is 5.32 Å². The molecule has 2 aromatic rings. The second kappa shape index (κ2) is 5.71. The molecular weight excluding hydrogens is 334 g/mol. The maximum Gasteiger partial charge on any atom is 0.200 e. The normalized spacial score (nSPS) is 11.0. The van der Waals surface area contributed by atoms with Crippen LogP contribution in [0.4, 0.5) is 40.8 Å². The Morgan fingerprint density at radius 2 is 0.913 bits per heavy atom. The highest BCUT2D eigenvalue weighted by molar-refractivity contribution is 5.82. The Hall–Kier alpha value is -2.32. The van der Waals surface area contributed by atoms with E-state index in [1.807, 2.05) is 5.32 Å². The first kappa shape index (κ1) is 17.0. The summed E-state index contributed by atoms with van der Waals surface area (Å²) in [5.74, 6) is -17.2. The van der Waals surface area contributed by atoms with Crippen LogP contribution >= 0.6 is 0 Å². The summed E-state index contributed by atoms with van der Waals surface area (Å²) >= 11 is 0. The molecule has 0 aliphatic carbocycles. The third-order valence-electron chi connectivity index (χ3n) is 3.27. The van der Waals surface area contributed by atoms with Gasteiger partial charge in [0.25, 0.3) is 0 Å². The first-order valence-corrected chi connectivity index (χ1v) is 6.01. The lowest BCUT2D eigenvalue weighted by Crippen LogP contribution is -2.10. The van der Waals surface area contributed by atoms with E-state index in [0.29, 0.717) is 0 Å². The van der Waals surface area contributed by atoms with Gasteiger partial charge in [-0.2, -0.15) is 0 Å². The van der Waals surface area contributed by atoms with E-state index >= 15 is 0 Å². The summed E-state index contributed by atoms with van der Waals surface area (Å²) in [5, 5.41) is 2.03. The van der Waals surface area contributed by atoms with E-state index in [0.717, 1.165) is 14.0 Å². The molecule has 23 heavy (non-hydrogen) atoms. The fourth-order valence-electron chi connectivity index (χ4n) is 2.15. The summed E-state index contributed by atoms with van der Waals surface area (Å²) < 4.78 is 108. The van der Waals surface area contributed by atoms with Crippen molar-refractivity contribution in [2.45, 2.75) is 6.92 Å². The Morgan fingerprint density at radius 1 is 0.522 bits per heavy atom. The number of benzene rings is 2. The molecule has 0 amide bonds. The van der Waals surface area contributed by atoms with Gasteiger partial charge < -0.3 is 5.32 Å². The molecule has 0 atom stereocenters. The van der Waals surface area contributed by atoms with Crippen molar-refractivity contribution in [1.29, 1.82) is 0 Å². The van der Waals surface area contributed by atoms with Crippen molar-refractivity contribution in [3.8, 4) is 11.1 Å². The van der Waals surface area contributed by atoms with Crippen LogP contribution in [0.2, 0.25) is 0 Å². The molecular formula is C14H7F8N. The Kier molecular flexibility index (Phi) is 4.23. The Morgan fingerprint density at radius 3 is 1.35 bits per heavy atom. The highest BCUT2D eigenvalue weighted by atomic mass is 19.2. The van der Waals surface area contributed by atoms with Gasteiger partial charge in [-0.05, 0) is 12.5 Å². The van der Waals surface area contributed by atoms with Gasteiger partial charge in [0, 0.05) is 12.6 Å². The van der Waals surface area contributed by atoms with Crippen molar-refractivity contribution in [2.24, 2.45) is 0 Å². The molecule has 0 heterocycles. The maximum absolute atomic E-state index is 13.9. The molecule has 0 spiro atoms. The topological polar surface area (TPSA) is 12.0 Å². The summed E-state index contributed by atoms with van der Waals surface area (Å²) in [6.45, 7) is 0.812. The summed E-state index contributed by atoms with van der Waals surface area (Å²) in [7, 11) is 1.00. The van der Waals surface area contributed by atoms with Crippen LogP contribution in [-0.4, -0.2) is 7.05 Å². The summed E-state index contributed by atoms with van der Waals surface area (Å²) in [5.41, 5.74) is -4.32. The largest absolute Gasteiger partial charge is 0.385 e. The molecule has 0 radical (unpaired) electrons. The first-order valence-electron chi connectivity index (χ1n) is 6.01. The lowest BCUT2D eigenvalue weighted by molar-refractivity contribution is 0.381. The zero-order chi connectivity index (χ0) is 17.6. The molecule has 9 heteroatoms. The maximum atomic E-state index is 13.9. The molecule has 0 unspecified atom stereocenters. The van der Waals surface area contributed by atoms with Crippen molar-refractivity contribution in [3.63, 3.8) is 0 Å². The van der Waals surface area contributed by atoms with Crippen LogP contribution in [0.15, 0.2) is 0 Å². The highest BCUT2D eigenvalue weighted by Gasteiger charge is 2.32. The predicted molar refractivity (Wildman–Crippen MR) is 65.8 cm³/mol. The molecule has 0 fully saturated rings. The minimum absolute atomic E-state index is 0.812. The average molecular weight is 341 g/mol. The van der Waals surface area contributed by atoms with E-state index in [9.17, 15) is 35.1 Å². The summed E-state index contributed by atoms with van der Waals surface area (Å²) in [4.78, 5) is 0. The third-order valence-corrected chi connectivity index (χ3v) is 3.27. The number of rotatable bonds is 2. The van der Waals surface area contributed by atoms with Crippen molar-refractivity contribution in [1.82, 2.24) is 0 Å². The van der Waals surface area contributed by atoms with Gasteiger partial charge in [0.05, 0.1) is 11.3 Å². The van der Waals surface area contributed by atoms with Gasteiger partial charge in [-0.3, -0.25) is 0 Å². The molecule has 2 aromatic carbocycles. The van der Waals surface area contributed by atoms with Gasteiger partial charge in [-0.15, -0.1) is 0 Å². The quantitative estimate of drug-likeness (QED) is 0.469. The van der Waals surface area contributed by atoms with Gasteiger partial charge in [0.2, 0.25) is 5.82 Å². The molecule has 1 N–H and O–H groups in total. The van der Waals surface area contributed by atoms with Crippen LogP contribution in [0.5, 0.6) is 0 Å². The number of anilines is 1. The fourth-order valence-corrected chi connectivity index (χ4v) is 2.15. The van der Waals surface area contributed by atoms with Gasteiger partial charge >= 0.3 is 0 Å². The monoisotopic (exact) mass is 341 g/mol. The average Bonchev–Trinajstić information content (AvgIpc) is 2.54. The van der Waals surface area contributed by atoms with E-state index in [-0.39, 0.29) is 0 Å². The first-order chi connectivity index (χ1) is 10.6. The standard InChI is InChI=1S/C14H7F8N/c1-3-4(14(23-2)13(22)9(18)6(3)15)5-7(16)10(19)12(21)11(20)8(5)17/h23H,1-2H3. The Bertz CT molecular complexity index is 787. The van der Waals surface area contributed by atoms with E-state index in [1.54, 1.807) is 0 Å². The zero-order valence-corrected chi connectivity index (χ0v) is 11.5. The summed E-state index contributed by atoms with van der Waals surface area (Å²) in [6, 6.07) is 0. The molecule has 0 aliphatic rings. The molecule has 0 aliphatic heterocycles. The second-order valence-corrected chi connectivity index (χ2v) is 4.51. The molecule has 1 nitrogen and oxygen atoms in total. The number of hydrogen-bond donors (Lipinski definition) is 1. The lowest BCUT2D eigenvalue weighted by atomic mass is 9.95. The van der Waals surface area contributed by atoms with Gasteiger partial charge in [0.15, 0.2) is 40.7 Å². The molecule has 124 valence electrons. The molecule has 0 saturated heterocycles. The van der Waals surface area contributed by atoms with E-state index < -0.39 is 68.9 Å². The SMILES string of the molecule is CNc1c(F)c(F)c(F)c(C)c1-c1c(F)c(F)c(F)c(F)c1F. The van der Waals surface area contributed by atoms with Crippen molar-refractivity contribution >= 4 is 5.69 Å². The van der Waals surface area contributed by atoms with E-state index in [4.69, 9.17) is 0 Å². The van der Waals surface area contributed by atoms with Gasteiger partial charge in [-0.1, -0.05) is 0 Å². The van der Waals surface area contributed by atoms with Crippen LogP contribution in [0.25, 0.3) is 11.1 Å². The number of nitrogens with one attached hydrogen (secondary N) is 1. The highest BCUT2D eigenvalue weighted by Crippen LogP contribution is 2.41. The van der Waals surface area contributed by atoms with Crippen LogP contribution in [0.1, 0.15) is 5.56 Å². The predicted octanol–water partition coefficient (Wildman–Crippen LogP) is 4.82. The molecule has 0 aromatic heterocycles. The minimum Gasteiger partial charge on any atom is -0.385 e. The fraction of sp³-hybridized carbons (Fsp3) is 0.143. The van der Waals surface area contributed by atoms with Gasteiger partial charge in [0.1, 0.15) is 0 Å².